The number of amides is 2. The zero-order valence-corrected chi connectivity index (χ0v) is 13.3. The summed E-state index contributed by atoms with van der Waals surface area (Å²) < 4.78 is 0. The molecule has 0 spiro atoms. The van der Waals surface area contributed by atoms with Gasteiger partial charge in [-0.1, -0.05) is 43.2 Å². The minimum Gasteiger partial charge on any atom is -0.338 e. The summed E-state index contributed by atoms with van der Waals surface area (Å²) >= 11 is 0. The number of nitrogens with zero attached hydrogens (tertiary/aromatic N) is 1. The van der Waals surface area contributed by atoms with Crippen molar-refractivity contribution >= 4 is 6.03 Å². The van der Waals surface area contributed by atoms with Crippen LogP contribution in [0.1, 0.15) is 37.7 Å². The number of hydrogen-bond donors (Lipinski definition) is 2. The molecule has 1 aromatic rings. The number of carbonyl (C=O) groups is 1. The van der Waals surface area contributed by atoms with Crippen molar-refractivity contribution < 1.29 is 4.79 Å². The Morgan fingerprint density at radius 1 is 1.09 bits per heavy atom. The van der Waals surface area contributed by atoms with Crippen molar-refractivity contribution in [1.82, 2.24) is 15.5 Å². The SMILES string of the molecule is O=C(NCc1ccccc1)NC[C@H]1CCN(C2CCCC2)C1. The Labute approximate surface area is 133 Å². The maximum Gasteiger partial charge on any atom is 0.315 e. The van der Waals surface area contributed by atoms with E-state index in [-0.39, 0.29) is 6.03 Å². The van der Waals surface area contributed by atoms with Crippen LogP contribution in [0.15, 0.2) is 30.3 Å². The predicted octanol–water partition coefficient (Wildman–Crippen LogP) is 2.75. The number of hydrogen-bond acceptors (Lipinski definition) is 2. The fourth-order valence-corrected chi connectivity index (χ4v) is 3.71. The summed E-state index contributed by atoms with van der Waals surface area (Å²) in [4.78, 5) is 14.5. The largest absolute Gasteiger partial charge is 0.338 e. The van der Waals surface area contributed by atoms with E-state index >= 15 is 0 Å². The highest BCUT2D eigenvalue weighted by molar-refractivity contribution is 5.73. The zero-order chi connectivity index (χ0) is 15.2. The minimum absolute atomic E-state index is 0.0526. The van der Waals surface area contributed by atoms with Gasteiger partial charge in [0.15, 0.2) is 0 Å². The second-order valence-corrected chi connectivity index (χ2v) is 6.64. The van der Waals surface area contributed by atoms with Gasteiger partial charge in [-0.25, -0.2) is 4.79 Å². The normalized spacial score (nSPS) is 22.8. The van der Waals surface area contributed by atoms with Gasteiger partial charge in [0.2, 0.25) is 0 Å². The summed E-state index contributed by atoms with van der Waals surface area (Å²) in [7, 11) is 0. The Kier molecular flexibility index (Phi) is 5.33. The van der Waals surface area contributed by atoms with Crippen LogP contribution in [-0.4, -0.2) is 36.6 Å². The molecule has 1 saturated carbocycles. The van der Waals surface area contributed by atoms with Gasteiger partial charge < -0.3 is 15.5 Å². The topological polar surface area (TPSA) is 44.4 Å². The highest BCUT2D eigenvalue weighted by Crippen LogP contribution is 2.28. The Balaban J connectivity index is 1.33. The molecular weight excluding hydrogens is 274 g/mol. The highest BCUT2D eigenvalue weighted by atomic mass is 16.2. The molecule has 0 unspecified atom stereocenters. The lowest BCUT2D eigenvalue weighted by atomic mass is 10.1. The molecule has 4 nitrogen and oxygen atoms in total. The van der Waals surface area contributed by atoms with E-state index in [1.807, 2.05) is 30.3 Å². The maximum atomic E-state index is 11.9. The van der Waals surface area contributed by atoms with Gasteiger partial charge >= 0.3 is 6.03 Å². The lowest BCUT2D eigenvalue weighted by molar-refractivity contribution is 0.230. The van der Waals surface area contributed by atoms with Crippen LogP contribution in [0, 0.1) is 5.92 Å². The number of carbonyl (C=O) groups excluding carboxylic acids is 1. The Morgan fingerprint density at radius 3 is 2.64 bits per heavy atom. The zero-order valence-electron chi connectivity index (χ0n) is 13.3. The van der Waals surface area contributed by atoms with E-state index in [0.717, 1.165) is 24.7 Å². The van der Waals surface area contributed by atoms with Gasteiger partial charge in [0.1, 0.15) is 0 Å². The molecule has 120 valence electrons. The minimum atomic E-state index is -0.0526. The molecule has 1 aliphatic heterocycles. The first-order chi connectivity index (χ1) is 10.8. The third-order valence-corrected chi connectivity index (χ3v) is 5.01. The molecule has 4 heteroatoms. The number of urea groups is 1. The monoisotopic (exact) mass is 301 g/mol. The first-order valence-electron chi connectivity index (χ1n) is 8.61. The van der Waals surface area contributed by atoms with Crippen molar-refractivity contribution in [3.63, 3.8) is 0 Å². The van der Waals surface area contributed by atoms with E-state index in [4.69, 9.17) is 0 Å². The van der Waals surface area contributed by atoms with Gasteiger partial charge in [-0.2, -0.15) is 0 Å². The molecule has 1 heterocycles. The van der Waals surface area contributed by atoms with Crippen LogP contribution in [-0.2, 0) is 6.54 Å². The van der Waals surface area contributed by atoms with Crippen LogP contribution in [0.4, 0.5) is 4.79 Å². The summed E-state index contributed by atoms with van der Waals surface area (Å²) in [5.41, 5.74) is 1.13. The first-order valence-corrected chi connectivity index (χ1v) is 8.61. The number of likely N-dealkylation sites (tertiary alicyclic amines) is 1. The second-order valence-electron chi connectivity index (χ2n) is 6.64. The number of rotatable bonds is 5. The average molecular weight is 301 g/mol. The predicted molar refractivity (Wildman–Crippen MR) is 88.6 cm³/mol. The molecule has 3 rings (SSSR count). The summed E-state index contributed by atoms with van der Waals surface area (Å²) in [6, 6.07) is 10.8. The third-order valence-electron chi connectivity index (χ3n) is 5.01. The van der Waals surface area contributed by atoms with E-state index < -0.39 is 0 Å². The molecule has 2 N–H and O–H groups in total. The van der Waals surface area contributed by atoms with Crippen molar-refractivity contribution in [2.45, 2.75) is 44.7 Å². The fraction of sp³-hybridized carbons (Fsp3) is 0.611. The van der Waals surface area contributed by atoms with Crippen LogP contribution in [0.2, 0.25) is 0 Å². The molecule has 22 heavy (non-hydrogen) atoms. The summed E-state index contributed by atoms with van der Waals surface area (Å²) in [5.74, 6) is 0.614. The van der Waals surface area contributed by atoms with Crippen LogP contribution < -0.4 is 10.6 Å². The molecule has 0 radical (unpaired) electrons. The Bertz CT molecular complexity index is 470. The lowest BCUT2D eigenvalue weighted by Crippen LogP contribution is -2.39. The highest BCUT2D eigenvalue weighted by Gasteiger charge is 2.29. The molecule has 2 fully saturated rings. The number of benzene rings is 1. The van der Waals surface area contributed by atoms with E-state index in [2.05, 4.69) is 15.5 Å². The lowest BCUT2D eigenvalue weighted by Gasteiger charge is -2.23. The maximum absolute atomic E-state index is 11.9. The molecule has 2 aliphatic rings. The third kappa shape index (κ3) is 4.23. The van der Waals surface area contributed by atoms with Crippen molar-refractivity contribution in [1.29, 1.82) is 0 Å². The summed E-state index contributed by atoms with van der Waals surface area (Å²) in [5, 5.41) is 5.95. The quantitative estimate of drug-likeness (QED) is 0.878. The van der Waals surface area contributed by atoms with Gasteiger partial charge in [-0.15, -0.1) is 0 Å². The van der Waals surface area contributed by atoms with E-state index in [0.29, 0.717) is 12.5 Å². The molecule has 1 aliphatic carbocycles. The molecular formula is C18H27N3O. The van der Waals surface area contributed by atoms with Crippen LogP contribution in [0.25, 0.3) is 0 Å². The molecule has 0 bridgehead atoms. The smallest absolute Gasteiger partial charge is 0.315 e. The molecule has 0 aromatic heterocycles. The number of nitrogens with one attached hydrogen (secondary N) is 2. The van der Waals surface area contributed by atoms with E-state index in [1.54, 1.807) is 0 Å². The standard InChI is InChI=1S/C18H27N3O/c22-18(19-12-15-6-2-1-3-7-15)20-13-16-10-11-21(14-16)17-8-4-5-9-17/h1-3,6-7,16-17H,4-5,8-14H2,(H2,19,20,22)/t16-/m1/s1. The summed E-state index contributed by atoms with van der Waals surface area (Å²) in [6.45, 7) is 3.75. The Hall–Kier alpha value is -1.55. The molecule has 1 aromatic carbocycles. The van der Waals surface area contributed by atoms with Crippen molar-refractivity contribution in [2.75, 3.05) is 19.6 Å². The van der Waals surface area contributed by atoms with E-state index in [9.17, 15) is 4.79 Å². The van der Waals surface area contributed by atoms with Gasteiger partial charge in [0.25, 0.3) is 0 Å². The Morgan fingerprint density at radius 2 is 1.86 bits per heavy atom. The van der Waals surface area contributed by atoms with Crippen LogP contribution in [0.3, 0.4) is 0 Å². The molecule has 2 amide bonds. The fourth-order valence-electron chi connectivity index (χ4n) is 3.71. The second kappa shape index (κ2) is 7.63. The molecule has 1 atom stereocenters. The van der Waals surface area contributed by atoms with Crippen molar-refractivity contribution in [3.8, 4) is 0 Å². The average Bonchev–Trinajstić information content (AvgIpc) is 3.22. The van der Waals surface area contributed by atoms with E-state index in [1.165, 1.54) is 38.6 Å². The van der Waals surface area contributed by atoms with Crippen molar-refractivity contribution in [2.24, 2.45) is 5.92 Å². The van der Waals surface area contributed by atoms with Gasteiger partial charge in [-0.05, 0) is 37.3 Å². The molecule has 1 saturated heterocycles. The van der Waals surface area contributed by atoms with Gasteiger partial charge in [-0.3, -0.25) is 0 Å². The first kappa shape index (κ1) is 15.3. The van der Waals surface area contributed by atoms with Crippen LogP contribution in [0.5, 0.6) is 0 Å². The van der Waals surface area contributed by atoms with Crippen molar-refractivity contribution in [3.05, 3.63) is 35.9 Å². The van der Waals surface area contributed by atoms with Gasteiger partial charge in [0.05, 0.1) is 0 Å². The van der Waals surface area contributed by atoms with Gasteiger partial charge in [0, 0.05) is 25.7 Å². The summed E-state index contributed by atoms with van der Waals surface area (Å²) in [6.07, 6.45) is 6.75. The van der Waals surface area contributed by atoms with Crippen LogP contribution >= 0.6 is 0 Å².